The Hall–Kier alpha value is -1.40. The molecule has 2 unspecified atom stereocenters. The normalized spacial score (nSPS) is 21.2. The Bertz CT molecular complexity index is 536. The van der Waals surface area contributed by atoms with Crippen molar-refractivity contribution in [3.05, 3.63) is 34.3 Å². The number of carbonyl (C=O) groups is 2. The quantitative estimate of drug-likeness (QED) is 0.741. The number of nitrogens with one attached hydrogen (secondary N) is 2. The molecule has 1 aromatic rings. The monoisotopic (exact) mass is 367 g/mol. The fraction of sp³-hybridized carbons (Fsp3) is 0.500. The van der Waals surface area contributed by atoms with Crippen LogP contribution in [0.3, 0.4) is 0 Å². The van der Waals surface area contributed by atoms with Crippen molar-refractivity contribution in [2.24, 2.45) is 11.7 Å². The highest BCUT2D eigenvalue weighted by atomic mass is 79.9. The molecule has 1 fully saturated rings. The molecule has 2 amide bonds. The van der Waals surface area contributed by atoms with E-state index in [0.29, 0.717) is 18.0 Å². The number of hydrogen-bond acceptors (Lipinski definition) is 3. The van der Waals surface area contributed by atoms with Gasteiger partial charge in [0.1, 0.15) is 0 Å². The number of benzene rings is 1. The first-order valence-electron chi connectivity index (χ1n) is 7.63. The summed E-state index contributed by atoms with van der Waals surface area (Å²) in [6.07, 6.45) is 4.32. The molecular formula is C16H22BrN3O2. The lowest BCUT2D eigenvalue weighted by molar-refractivity contribution is -0.121. The molecule has 0 spiro atoms. The first-order valence-corrected chi connectivity index (χ1v) is 8.42. The molecule has 1 aromatic carbocycles. The topological polar surface area (TPSA) is 84.2 Å². The van der Waals surface area contributed by atoms with E-state index in [1.165, 1.54) is 6.42 Å². The van der Waals surface area contributed by atoms with Gasteiger partial charge in [0.25, 0.3) is 5.91 Å². The Balaban J connectivity index is 1.81. The lowest BCUT2D eigenvalue weighted by atomic mass is 9.84. The third kappa shape index (κ3) is 4.81. The van der Waals surface area contributed by atoms with E-state index in [9.17, 15) is 9.59 Å². The summed E-state index contributed by atoms with van der Waals surface area (Å²) >= 11 is 3.32. The Morgan fingerprint density at radius 3 is 2.77 bits per heavy atom. The molecule has 0 heterocycles. The highest BCUT2D eigenvalue weighted by Crippen LogP contribution is 2.23. The zero-order valence-corrected chi connectivity index (χ0v) is 14.1. The van der Waals surface area contributed by atoms with Crippen molar-refractivity contribution >= 4 is 27.7 Å². The minimum atomic E-state index is -0.254. The summed E-state index contributed by atoms with van der Waals surface area (Å²) in [5.41, 5.74) is 6.28. The lowest BCUT2D eigenvalue weighted by Gasteiger charge is -2.31. The van der Waals surface area contributed by atoms with Gasteiger partial charge in [-0.15, -0.1) is 0 Å². The van der Waals surface area contributed by atoms with Gasteiger partial charge in [0.05, 0.1) is 6.54 Å². The third-order valence-electron chi connectivity index (χ3n) is 4.05. The van der Waals surface area contributed by atoms with Gasteiger partial charge in [0.2, 0.25) is 5.91 Å². The molecule has 2 atom stereocenters. The molecule has 6 heteroatoms. The van der Waals surface area contributed by atoms with Gasteiger partial charge in [0, 0.05) is 16.1 Å². The highest BCUT2D eigenvalue weighted by Gasteiger charge is 2.25. The molecule has 22 heavy (non-hydrogen) atoms. The van der Waals surface area contributed by atoms with Crippen molar-refractivity contribution in [3.8, 4) is 0 Å². The van der Waals surface area contributed by atoms with Gasteiger partial charge in [-0.3, -0.25) is 9.59 Å². The predicted molar refractivity (Wildman–Crippen MR) is 89.4 cm³/mol. The molecule has 0 aromatic heterocycles. The maximum Gasteiger partial charge on any atom is 0.251 e. The first kappa shape index (κ1) is 17.0. The maximum absolute atomic E-state index is 12.0. The second-order valence-corrected chi connectivity index (χ2v) is 6.56. The van der Waals surface area contributed by atoms with Crippen LogP contribution in [0.5, 0.6) is 0 Å². The number of rotatable bonds is 5. The van der Waals surface area contributed by atoms with E-state index < -0.39 is 0 Å². The van der Waals surface area contributed by atoms with Crippen LogP contribution in [-0.4, -0.2) is 30.9 Å². The highest BCUT2D eigenvalue weighted by molar-refractivity contribution is 9.10. The van der Waals surface area contributed by atoms with Crippen molar-refractivity contribution in [1.82, 2.24) is 10.6 Å². The van der Waals surface area contributed by atoms with Crippen LogP contribution in [0.2, 0.25) is 0 Å². The van der Waals surface area contributed by atoms with E-state index in [-0.39, 0.29) is 24.4 Å². The van der Waals surface area contributed by atoms with Gasteiger partial charge < -0.3 is 16.4 Å². The van der Waals surface area contributed by atoms with Crippen LogP contribution < -0.4 is 16.4 Å². The van der Waals surface area contributed by atoms with E-state index >= 15 is 0 Å². The van der Waals surface area contributed by atoms with E-state index in [1.807, 2.05) is 6.07 Å². The van der Waals surface area contributed by atoms with Crippen molar-refractivity contribution in [3.63, 3.8) is 0 Å². The Morgan fingerprint density at radius 1 is 1.27 bits per heavy atom. The summed E-state index contributed by atoms with van der Waals surface area (Å²) in [6.45, 7) is 0.578. The summed E-state index contributed by atoms with van der Waals surface area (Å²) in [5, 5.41) is 5.64. The third-order valence-corrected chi connectivity index (χ3v) is 4.55. The van der Waals surface area contributed by atoms with Crippen molar-refractivity contribution in [2.45, 2.75) is 31.7 Å². The molecule has 0 aliphatic heterocycles. The summed E-state index contributed by atoms with van der Waals surface area (Å²) in [4.78, 5) is 24.0. The van der Waals surface area contributed by atoms with Gasteiger partial charge in [-0.25, -0.2) is 0 Å². The SMILES string of the molecule is NCC1CCCCC1NC(=O)CNC(=O)c1cccc(Br)c1. The van der Waals surface area contributed by atoms with E-state index in [1.54, 1.807) is 18.2 Å². The molecule has 120 valence electrons. The molecule has 0 saturated heterocycles. The Morgan fingerprint density at radius 2 is 2.05 bits per heavy atom. The van der Waals surface area contributed by atoms with Crippen LogP contribution in [0.1, 0.15) is 36.0 Å². The number of hydrogen-bond donors (Lipinski definition) is 3. The second-order valence-electron chi connectivity index (χ2n) is 5.65. The van der Waals surface area contributed by atoms with Crippen LogP contribution in [0.15, 0.2) is 28.7 Å². The number of amides is 2. The molecule has 1 saturated carbocycles. The zero-order valence-electron chi connectivity index (χ0n) is 12.5. The number of carbonyl (C=O) groups excluding carboxylic acids is 2. The Labute approximate surface area is 139 Å². The first-order chi connectivity index (χ1) is 10.6. The van der Waals surface area contributed by atoms with Crippen molar-refractivity contribution < 1.29 is 9.59 Å². The van der Waals surface area contributed by atoms with Crippen molar-refractivity contribution in [2.75, 3.05) is 13.1 Å². The summed E-state index contributed by atoms with van der Waals surface area (Å²) in [7, 11) is 0. The smallest absolute Gasteiger partial charge is 0.251 e. The second kappa shape index (κ2) is 8.29. The largest absolute Gasteiger partial charge is 0.352 e. The van der Waals surface area contributed by atoms with Gasteiger partial charge in [-0.2, -0.15) is 0 Å². The van der Waals surface area contributed by atoms with Crippen LogP contribution in [0.25, 0.3) is 0 Å². The lowest BCUT2D eigenvalue weighted by Crippen LogP contribution is -2.48. The summed E-state index contributed by atoms with van der Waals surface area (Å²) in [5.74, 6) is -0.0670. The summed E-state index contributed by atoms with van der Waals surface area (Å²) in [6, 6.07) is 7.20. The van der Waals surface area contributed by atoms with Gasteiger partial charge >= 0.3 is 0 Å². The van der Waals surface area contributed by atoms with Crippen molar-refractivity contribution in [1.29, 1.82) is 0 Å². The number of nitrogens with two attached hydrogens (primary N) is 1. The molecule has 5 nitrogen and oxygen atoms in total. The molecular weight excluding hydrogens is 346 g/mol. The average Bonchev–Trinajstić information content (AvgIpc) is 2.53. The zero-order chi connectivity index (χ0) is 15.9. The van der Waals surface area contributed by atoms with E-state index in [2.05, 4.69) is 26.6 Å². The molecule has 0 radical (unpaired) electrons. The predicted octanol–water partition coefficient (Wildman–Crippen LogP) is 1.81. The molecule has 0 bridgehead atoms. The fourth-order valence-corrected chi connectivity index (χ4v) is 3.23. The minimum Gasteiger partial charge on any atom is -0.352 e. The summed E-state index contributed by atoms with van der Waals surface area (Å²) < 4.78 is 0.831. The van der Waals surface area contributed by atoms with E-state index in [0.717, 1.165) is 23.7 Å². The van der Waals surface area contributed by atoms with Gasteiger partial charge in [0.15, 0.2) is 0 Å². The van der Waals surface area contributed by atoms with Crippen LogP contribution >= 0.6 is 15.9 Å². The van der Waals surface area contributed by atoms with Crippen LogP contribution in [0, 0.1) is 5.92 Å². The van der Waals surface area contributed by atoms with Crippen LogP contribution in [-0.2, 0) is 4.79 Å². The fourth-order valence-electron chi connectivity index (χ4n) is 2.83. The molecule has 1 aliphatic rings. The maximum atomic E-state index is 12.0. The number of halogens is 1. The standard InChI is InChI=1S/C16H22BrN3O2/c17-13-6-3-5-11(8-13)16(22)19-10-15(21)20-14-7-2-1-4-12(14)9-18/h3,5-6,8,12,14H,1-2,4,7,9-10,18H2,(H,19,22)(H,20,21). The average molecular weight is 368 g/mol. The minimum absolute atomic E-state index is 0.0147. The van der Waals surface area contributed by atoms with Gasteiger partial charge in [-0.1, -0.05) is 34.8 Å². The van der Waals surface area contributed by atoms with Crippen LogP contribution in [0.4, 0.5) is 0 Å². The molecule has 4 N–H and O–H groups in total. The molecule has 2 rings (SSSR count). The van der Waals surface area contributed by atoms with Gasteiger partial charge in [-0.05, 0) is 43.5 Å². The molecule has 1 aliphatic carbocycles. The Kier molecular flexibility index (Phi) is 6.39. The van der Waals surface area contributed by atoms with E-state index in [4.69, 9.17) is 5.73 Å².